The highest BCUT2D eigenvalue weighted by Crippen LogP contribution is 2.22. The van der Waals surface area contributed by atoms with Gasteiger partial charge < -0.3 is 33.2 Å². The van der Waals surface area contributed by atoms with E-state index in [1.54, 1.807) is 56.6 Å². The second-order valence-electron chi connectivity index (χ2n) is 6.57. The fraction of sp³-hybridized carbons (Fsp3) is 0.0833. The van der Waals surface area contributed by atoms with Crippen LogP contribution < -0.4 is 33.2 Å². The summed E-state index contributed by atoms with van der Waals surface area (Å²) in [5, 5.41) is 9.59. The molecule has 0 bridgehead atoms. The number of amides is 4. The van der Waals surface area contributed by atoms with Gasteiger partial charge in [-0.05, 0) is 65.4 Å². The number of nitrogens with two attached hydrogens (primary N) is 3. The highest BCUT2D eigenvalue weighted by atomic mass is 16.2. The minimum Gasteiger partial charge on any atom is -0.399 e. The molecule has 0 aliphatic rings. The van der Waals surface area contributed by atoms with E-state index in [0.29, 0.717) is 22.6 Å². The monoisotopic (exact) mass is 463 g/mol. The minimum atomic E-state index is -0.603. The van der Waals surface area contributed by atoms with Crippen LogP contribution in [0.4, 0.5) is 21.9 Å². The molecule has 3 rings (SSSR count). The molecule has 4 amide bonds. The lowest BCUT2D eigenvalue weighted by atomic mass is 10.1. The van der Waals surface area contributed by atoms with Gasteiger partial charge in [-0.15, -0.1) is 0 Å². The molecule has 10 nitrogen and oxygen atoms in total. The molecule has 0 aromatic heterocycles. The van der Waals surface area contributed by atoms with Crippen molar-refractivity contribution < 1.29 is 14.4 Å². The molecule has 0 unspecified atom stereocenters. The Morgan fingerprint density at radius 1 is 0.912 bits per heavy atom. The van der Waals surface area contributed by atoms with Crippen molar-refractivity contribution in [3.05, 3.63) is 78.9 Å². The van der Waals surface area contributed by atoms with Crippen LogP contribution in [0.15, 0.2) is 78.3 Å². The third-order valence-corrected chi connectivity index (χ3v) is 4.11. The molecule has 0 atom stereocenters. The number of aliphatic imine (C=N–C) groups is 1. The van der Waals surface area contributed by atoms with Crippen molar-refractivity contribution in [2.45, 2.75) is 0 Å². The number of benzene rings is 3. The van der Waals surface area contributed by atoms with Crippen molar-refractivity contribution in [2.75, 3.05) is 30.5 Å². The molecule has 10 heteroatoms. The lowest BCUT2D eigenvalue weighted by molar-refractivity contribution is -0.111. The van der Waals surface area contributed by atoms with Gasteiger partial charge in [-0.1, -0.05) is 18.7 Å². The van der Waals surface area contributed by atoms with Crippen LogP contribution in [0.2, 0.25) is 0 Å². The molecule has 0 saturated carbocycles. The summed E-state index contributed by atoms with van der Waals surface area (Å²) in [6.07, 6.45) is 2.46. The van der Waals surface area contributed by atoms with Gasteiger partial charge in [0, 0.05) is 36.7 Å². The molecule has 3 aromatic carbocycles. The minimum absolute atomic E-state index is 0.0926. The zero-order valence-electron chi connectivity index (χ0n) is 19.0. The third-order valence-electron chi connectivity index (χ3n) is 4.11. The number of rotatable bonds is 4. The molecule has 0 radical (unpaired) electrons. The van der Waals surface area contributed by atoms with Crippen LogP contribution in [0, 0.1) is 0 Å². The Bertz CT molecular complexity index is 1150. The molecule has 0 spiro atoms. The zero-order valence-corrected chi connectivity index (χ0v) is 19.0. The Labute approximate surface area is 197 Å². The van der Waals surface area contributed by atoms with E-state index in [2.05, 4.69) is 27.5 Å². The number of fused-ring (bicyclic) bond motifs is 1. The maximum absolute atomic E-state index is 11.2. The van der Waals surface area contributed by atoms with Crippen LogP contribution in [0.25, 0.3) is 10.8 Å². The molecular formula is C24H29N7O3. The summed E-state index contributed by atoms with van der Waals surface area (Å²) in [5.74, 6) is -0.351. The fourth-order valence-corrected chi connectivity index (χ4v) is 2.52. The average molecular weight is 464 g/mol. The van der Waals surface area contributed by atoms with Crippen LogP contribution >= 0.6 is 0 Å². The summed E-state index contributed by atoms with van der Waals surface area (Å²) in [5.41, 5.74) is 17.8. The highest BCUT2D eigenvalue weighted by Gasteiger charge is 2.02. The summed E-state index contributed by atoms with van der Waals surface area (Å²) < 4.78 is 0. The fourth-order valence-electron chi connectivity index (χ4n) is 2.52. The molecule has 178 valence electrons. The third kappa shape index (κ3) is 9.52. The van der Waals surface area contributed by atoms with E-state index in [4.69, 9.17) is 17.2 Å². The van der Waals surface area contributed by atoms with Gasteiger partial charge in [-0.25, -0.2) is 4.79 Å². The standard InChI is InChI=1S/C14H13N3O2.C8H10N2O.C2H6N2/c1-2-13(18)16-11-5-3-10-8-12(17-14(15)19)6-4-9(10)7-11;1-10-8(11)6-2-4-7(9)5-3-6;1-4-2-3/h2-8H,1H2,(H,16,18)(H3,15,17,19);2-5H,9H2,1H3,(H,10,11);2H,1H3,(H2,3,4). The van der Waals surface area contributed by atoms with Crippen LogP contribution in [-0.2, 0) is 4.79 Å². The summed E-state index contributed by atoms with van der Waals surface area (Å²) in [6, 6.07) is 17.0. The molecular weight excluding hydrogens is 434 g/mol. The predicted octanol–water partition coefficient (Wildman–Crippen LogP) is 2.69. The van der Waals surface area contributed by atoms with Crippen molar-refractivity contribution in [1.29, 1.82) is 0 Å². The summed E-state index contributed by atoms with van der Waals surface area (Å²) in [4.78, 5) is 36.3. The normalized spacial score (nSPS) is 9.59. The number of hydrogen-bond donors (Lipinski definition) is 6. The first-order chi connectivity index (χ1) is 16.2. The number of nitrogens with one attached hydrogen (secondary N) is 3. The van der Waals surface area contributed by atoms with E-state index < -0.39 is 6.03 Å². The number of carbonyl (C=O) groups excluding carboxylic acids is 3. The van der Waals surface area contributed by atoms with Crippen LogP contribution in [0.3, 0.4) is 0 Å². The lowest BCUT2D eigenvalue weighted by Crippen LogP contribution is -2.19. The molecule has 0 saturated heterocycles. The maximum Gasteiger partial charge on any atom is 0.316 e. The summed E-state index contributed by atoms with van der Waals surface area (Å²) in [6.45, 7) is 3.39. The number of hydrogen-bond acceptors (Lipinski definition) is 5. The van der Waals surface area contributed by atoms with Crippen molar-refractivity contribution in [3.8, 4) is 0 Å². The molecule has 0 fully saturated rings. The Hall–Kier alpha value is -4.86. The molecule has 3 aromatic rings. The lowest BCUT2D eigenvalue weighted by Gasteiger charge is -2.06. The van der Waals surface area contributed by atoms with Gasteiger partial charge in [0.25, 0.3) is 5.91 Å². The zero-order chi connectivity index (χ0) is 25.5. The first-order valence-electron chi connectivity index (χ1n) is 9.97. The van der Waals surface area contributed by atoms with E-state index in [-0.39, 0.29) is 11.8 Å². The Morgan fingerprint density at radius 3 is 1.82 bits per heavy atom. The first kappa shape index (κ1) is 27.2. The van der Waals surface area contributed by atoms with Crippen LogP contribution in [-0.4, -0.2) is 38.3 Å². The van der Waals surface area contributed by atoms with Gasteiger partial charge in [-0.3, -0.25) is 14.6 Å². The van der Waals surface area contributed by atoms with E-state index in [1.165, 1.54) is 12.4 Å². The number of carbonyl (C=O) groups is 3. The van der Waals surface area contributed by atoms with E-state index >= 15 is 0 Å². The van der Waals surface area contributed by atoms with Crippen molar-refractivity contribution in [1.82, 2.24) is 5.32 Å². The Morgan fingerprint density at radius 2 is 1.41 bits per heavy atom. The highest BCUT2D eigenvalue weighted by molar-refractivity contribution is 6.01. The SMILES string of the molecule is C=CC(=O)Nc1ccc2cc(NC(N)=O)ccc2c1.CN=CN.CNC(=O)c1ccc(N)cc1. The molecule has 0 heterocycles. The van der Waals surface area contributed by atoms with Gasteiger partial charge in [0.1, 0.15) is 0 Å². The molecule has 34 heavy (non-hydrogen) atoms. The van der Waals surface area contributed by atoms with E-state index in [0.717, 1.165) is 10.8 Å². The van der Waals surface area contributed by atoms with Gasteiger partial charge in [0.2, 0.25) is 5.91 Å². The van der Waals surface area contributed by atoms with E-state index in [1.807, 2.05) is 18.2 Å². The molecule has 0 aliphatic carbocycles. The number of urea groups is 1. The predicted molar refractivity (Wildman–Crippen MR) is 139 cm³/mol. The topological polar surface area (TPSA) is 178 Å². The van der Waals surface area contributed by atoms with Crippen LogP contribution in [0.5, 0.6) is 0 Å². The van der Waals surface area contributed by atoms with Crippen molar-refractivity contribution >= 4 is 52.0 Å². The van der Waals surface area contributed by atoms with Gasteiger partial charge >= 0.3 is 6.03 Å². The largest absolute Gasteiger partial charge is 0.399 e. The number of nitrogens with zero attached hydrogens (tertiary/aromatic N) is 1. The van der Waals surface area contributed by atoms with Gasteiger partial charge in [-0.2, -0.15) is 0 Å². The number of primary amides is 1. The number of nitrogen functional groups attached to an aromatic ring is 1. The Kier molecular flexibility index (Phi) is 11.4. The first-order valence-corrected chi connectivity index (χ1v) is 9.97. The van der Waals surface area contributed by atoms with Crippen molar-refractivity contribution in [2.24, 2.45) is 16.5 Å². The van der Waals surface area contributed by atoms with Crippen LogP contribution in [0.1, 0.15) is 10.4 Å². The molecule has 0 aliphatic heterocycles. The maximum atomic E-state index is 11.2. The second-order valence-corrected chi connectivity index (χ2v) is 6.57. The average Bonchev–Trinajstić information content (AvgIpc) is 2.84. The summed E-state index contributed by atoms with van der Waals surface area (Å²) in [7, 11) is 3.22. The Balaban J connectivity index is 0.000000325. The number of anilines is 3. The second kappa shape index (κ2) is 14.2. The quantitative estimate of drug-likeness (QED) is 0.150. The summed E-state index contributed by atoms with van der Waals surface area (Å²) >= 11 is 0. The van der Waals surface area contributed by atoms with Crippen molar-refractivity contribution in [3.63, 3.8) is 0 Å². The molecule has 9 N–H and O–H groups in total. The smallest absolute Gasteiger partial charge is 0.316 e. The van der Waals surface area contributed by atoms with Gasteiger partial charge in [0.05, 0.1) is 6.34 Å². The van der Waals surface area contributed by atoms with Gasteiger partial charge in [0.15, 0.2) is 0 Å². The van der Waals surface area contributed by atoms with E-state index in [9.17, 15) is 14.4 Å².